The van der Waals surface area contributed by atoms with Crippen LogP contribution in [0.15, 0.2) is 39.5 Å². The number of halogens is 2. The van der Waals surface area contributed by atoms with E-state index in [1.165, 1.54) is 0 Å². The molecule has 0 radical (unpaired) electrons. The lowest BCUT2D eigenvalue weighted by Gasteiger charge is -2.13. The number of rotatable bonds is 3. The third kappa shape index (κ3) is 2.27. The second-order valence-electron chi connectivity index (χ2n) is 3.15. The largest absolute Gasteiger partial charge is 0.466 e. The minimum Gasteiger partial charge on any atom is -0.466 e. The smallest absolute Gasteiger partial charge is 0.140 e. The van der Waals surface area contributed by atoms with Crippen LogP contribution in [-0.4, -0.2) is 4.98 Å². The van der Waals surface area contributed by atoms with E-state index in [0.29, 0.717) is 10.9 Å². The fraction of sp³-hybridized carbons (Fsp3) is 0.100. The van der Waals surface area contributed by atoms with Gasteiger partial charge in [0.15, 0.2) is 0 Å². The van der Waals surface area contributed by atoms with Crippen molar-refractivity contribution < 1.29 is 4.42 Å². The first kappa shape index (κ1) is 11.6. The summed E-state index contributed by atoms with van der Waals surface area (Å²) in [4.78, 5) is 4.00. The van der Waals surface area contributed by atoms with Gasteiger partial charge in [0, 0.05) is 6.20 Å². The molecule has 0 aliphatic heterocycles. The second-order valence-corrected chi connectivity index (χ2v) is 4.39. The van der Waals surface area contributed by atoms with Gasteiger partial charge in [-0.05, 0) is 33.6 Å². The van der Waals surface area contributed by atoms with Crippen LogP contribution >= 0.6 is 27.5 Å². The number of hydrogen-bond acceptors (Lipinski definition) is 4. The highest BCUT2D eigenvalue weighted by Crippen LogP contribution is 2.28. The van der Waals surface area contributed by atoms with Crippen LogP contribution in [0.25, 0.3) is 0 Å². The molecule has 4 nitrogen and oxygen atoms in total. The first-order chi connectivity index (χ1) is 7.72. The molecule has 0 aromatic carbocycles. The van der Waals surface area contributed by atoms with Crippen LogP contribution in [0.5, 0.6) is 0 Å². The average molecular weight is 303 g/mol. The van der Waals surface area contributed by atoms with Crippen molar-refractivity contribution in [3.8, 4) is 0 Å². The SMILES string of the molecule is NNC(c1ccc(Cl)nc1)c1occc1Br. The fourth-order valence-electron chi connectivity index (χ4n) is 1.39. The van der Waals surface area contributed by atoms with Crippen molar-refractivity contribution in [1.82, 2.24) is 10.4 Å². The van der Waals surface area contributed by atoms with Crippen molar-refractivity contribution in [2.24, 2.45) is 5.84 Å². The predicted octanol–water partition coefficient (Wildman–Crippen LogP) is 2.64. The lowest BCUT2D eigenvalue weighted by atomic mass is 10.1. The number of hydrogen-bond donors (Lipinski definition) is 2. The molecule has 0 spiro atoms. The quantitative estimate of drug-likeness (QED) is 0.520. The van der Waals surface area contributed by atoms with Gasteiger partial charge < -0.3 is 4.42 Å². The molecule has 0 aliphatic rings. The van der Waals surface area contributed by atoms with Gasteiger partial charge in [-0.2, -0.15) is 0 Å². The molecular weight excluding hydrogens is 293 g/mol. The summed E-state index contributed by atoms with van der Waals surface area (Å²) in [7, 11) is 0. The van der Waals surface area contributed by atoms with Gasteiger partial charge in [-0.1, -0.05) is 17.7 Å². The number of nitrogens with one attached hydrogen (secondary N) is 1. The molecule has 0 bridgehead atoms. The van der Waals surface area contributed by atoms with E-state index in [9.17, 15) is 0 Å². The maximum absolute atomic E-state index is 5.72. The van der Waals surface area contributed by atoms with Crippen LogP contribution in [0.4, 0.5) is 0 Å². The second kappa shape index (κ2) is 4.97. The van der Waals surface area contributed by atoms with E-state index in [2.05, 4.69) is 26.3 Å². The molecule has 2 heterocycles. The number of furan rings is 1. The Kier molecular flexibility index (Phi) is 3.60. The molecule has 0 aliphatic carbocycles. The average Bonchev–Trinajstić information content (AvgIpc) is 2.69. The number of hydrazine groups is 1. The Balaban J connectivity index is 2.37. The van der Waals surface area contributed by atoms with E-state index in [1.807, 2.05) is 12.1 Å². The van der Waals surface area contributed by atoms with Crippen LogP contribution in [-0.2, 0) is 0 Å². The highest BCUT2D eigenvalue weighted by molar-refractivity contribution is 9.10. The molecule has 6 heteroatoms. The lowest BCUT2D eigenvalue weighted by molar-refractivity contribution is 0.449. The Morgan fingerprint density at radius 2 is 2.25 bits per heavy atom. The summed E-state index contributed by atoms with van der Waals surface area (Å²) in [6, 6.07) is 5.10. The number of nitrogens with zero attached hydrogens (tertiary/aromatic N) is 1. The van der Waals surface area contributed by atoms with Gasteiger partial charge in [-0.15, -0.1) is 0 Å². The standard InChI is InChI=1S/C10H9BrClN3O/c11-7-3-4-16-10(7)9(15-13)6-1-2-8(12)14-5-6/h1-5,9,15H,13H2. The van der Waals surface area contributed by atoms with Gasteiger partial charge in [0.05, 0.1) is 10.7 Å². The van der Waals surface area contributed by atoms with E-state index < -0.39 is 0 Å². The van der Waals surface area contributed by atoms with Crippen molar-refractivity contribution >= 4 is 27.5 Å². The van der Waals surface area contributed by atoms with Gasteiger partial charge in [0.25, 0.3) is 0 Å². The first-order valence-corrected chi connectivity index (χ1v) is 5.70. The molecule has 2 aromatic rings. The summed E-state index contributed by atoms with van der Waals surface area (Å²) >= 11 is 9.10. The first-order valence-electron chi connectivity index (χ1n) is 4.53. The van der Waals surface area contributed by atoms with Gasteiger partial charge in [0.1, 0.15) is 17.0 Å². The van der Waals surface area contributed by atoms with Crippen molar-refractivity contribution in [3.63, 3.8) is 0 Å². The number of pyridine rings is 1. The summed E-state index contributed by atoms with van der Waals surface area (Å²) in [6.07, 6.45) is 3.24. The molecule has 2 rings (SSSR count). The minimum absolute atomic E-state index is 0.255. The monoisotopic (exact) mass is 301 g/mol. The Morgan fingerprint density at radius 3 is 2.75 bits per heavy atom. The third-order valence-corrected chi connectivity index (χ3v) is 3.04. The molecule has 2 aromatic heterocycles. The Bertz CT molecular complexity index is 471. The van der Waals surface area contributed by atoms with Crippen LogP contribution in [0.2, 0.25) is 5.15 Å². The zero-order chi connectivity index (χ0) is 11.5. The fourth-order valence-corrected chi connectivity index (χ4v) is 1.93. The zero-order valence-corrected chi connectivity index (χ0v) is 10.5. The molecule has 84 valence electrons. The highest BCUT2D eigenvalue weighted by Gasteiger charge is 2.18. The summed E-state index contributed by atoms with van der Waals surface area (Å²) in [5.41, 5.74) is 3.55. The van der Waals surface area contributed by atoms with E-state index in [-0.39, 0.29) is 6.04 Å². The molecule has 0 saturated carbocycles. The Morgan fingerprint density at radius 1 is 1.44 bits per heavy atom. The normalized spacial score (nSPS) is 12.7. The van der Waals surface area contributed by atoms with E-state index in [1.54, 1.807) is 18.5 Å². The molecular formula is C10H9BrClN3O. The van der Waals surface area contributed by atoms with E-state index in [4.69, 9.17) is 21.9 Å². The molecule has 3 N–H and O–H groups in total. The molecule has 16 heavy (non-hydrogen) atoms. The van der Waals surface area contributed by atoms with E-state index >= 15 is 0 Å². The number of nitrogens with two attached hydrogens (primary N) is 1. The summed E-state index contributed by atoms with van der Waals surface area (Å²) in [6.45, 7) is 0. The maximum atomic E-state index is 5.72. The van der Waals surface area contributed by atoms with Crippen LogP contribution in [0.3, 0.4) is 0 Å². The highest BCUT2D eigenvalue weighted by atomic mass is 79.9. The van der Waals surface area contributed by atoms with Crippen LogP contribution in [0, 0.1) is 0 Å². The Hall–Kier alpha value is -0.880. The van der Waals surface area contributed by atoms with E-state index in [0.717, 1.165) is 10.0 Å². The number of aromatic nitrogens is 1. The molecule has 1 atom stereocenters. The molecule has 0 saturated heterocycles. The zero-order valence-electron chi connectivity index (χ0n) is 8.15. The maximum Gasteiger partial charge on any atom is 0.140 e. The van der Waals surface area contributed by atoms with Crippen LogP contribution < -0.4 is 11.3 Å². The van der Waals surface area contributed by atoms with Gasteiger partial charge >= 0.3 is 0 Å². The van der Waals surface area contributed by atoms with Crippen molar-refractivity contribution in [3.05, 3.63) is 51.6 Å². The predicted molar refractivity (Wildman–Crippen MR) is 64.8 cm³/mol. The molecule has 1 unspecified atom stereocenters. The third-order valence-electron chi connectivity index (χ3n) is 2.16. The van der Waals surface area contributed by atoms with Crippen molar-refractivity contribution in [2.45, 2.75) is 6.04 Å². The van der Waals surface area contributed by atoms with Gasteiger partial charge in [0.2, 0.25) is 0 Å². The van der Waals surface area contributed by atoms with Gasteiger partial charge in [-0.25, -0.2) is 10.4 Å². The summed E-state index contributed by atoms with van der Waals surface area (Å²) in [5.74, 6) is 6.21. The van der Waals surface area contributed by atoms with Crippen molar-refractivity contribution in [2.75, 3.05) is 0 Å². The topological polar surface area (TPSA) is 64.1 Å². The Labute approximate surface area is 106 Å². The molecule has 0 amide bonds. The van der Waals surface area contributed by atoms with Gasteiger partial charge in [-0.3, -0.25) is 5.84 Å². The van der Waals surface area contributed by atoms with Crippen molar-refractivity contribution in [1.29, 1.82) is 0 Å². The summed E-state index contributed by atoms with van der Waals surface area (Å²) < 4.78 is 6.20. The lowest BCUT2D eigenvalue weighted by Crippen LogP contribution is -2.28. The summed E-state index contributed by atoms with van der Waals surface area (Å²) in [5, 5.41) is 0.443. The molecule has 0 fully saturated rings. The van der Waals surface area contributed by atoms with Crippen LogP contribution in [0.1, 0.15) is 17.4 Å². The minimum atomic E-state index is -0.255.